The van der Waals surface area contributed by atoms with E-state index in [1.54, 1.807) is 0 Å². The second-order valence-electron chi connectivity index (χ2n) is 7.83. The van der Waals surface area contributed by atoms with Crippen molar-refractivity contribution in [3.8, 4) is 0 Å². The SMILES string of the molecule is Cc1cccc(C)c1N1C(=O)CC(N2CCN(Cc3ccccc3)CC2)C1=O. The number of benzene rings is 2. The van der Waals surface area contributed by atoms with Crippen LogP contribution in [0.3, 0.4) is 0 Å². The van der Waals surface area contributed by atoms with Crippen LogP contribution in [-0.4, -0.2) is 53.8 Å². The number of carbonyl (C=O) groups is 2. The molecule has 0 N–H and O–H groups in total. The Labute approximate surface area is 166 Å². The highest BCUT2D eigenvalue weighted by molar-refractivity contribution is 6.23. The third-order valence-corrected chi connectivity index (χ3v) is 5.88. The minimum atomic E-state index is -0.328. The predicted octanol–water partition coefficient (Wildman–Crippen LogP) is 2.75. The molecule has 0 bridgehead atoms. The second kappa shape index (κ2) is 7.86. The highest BCUT2D eigenvalue weighted by atomic mass is 16.2. The number of nitrogens with zero attached hydrogens (tertiary/aromatic N) is 3. The molecule has 28 heavy (non-hydrogen) atoms. The summed E-state index contributed by atoms with van der Waals surface area (Å²) in [4.78, 5) is 31.9. The molecule has 1 atom stereocenters. The Balaban J connectivity index is 1.42. The van der Waals surface area contributed by atoms with Gasteiger partial charge in [-0.3, -0.25) is 19.4 Å². The normalized spacial score (nSPS) is 21.5. The lowest BCUT2D eigenvalue weighted by atomic mass is 10.1. The summed E-state index contributed by atoms with van der Waals surface area (Å²) in [6, 6.07) is 16.0. The van der Waals surface area contributed by atoms with Gasteiger partial charge in [-0.25, -0.2) is 4.90 Å². The van der Waals surface area contributed by atoms with Crippen molar-refractivity contribution in [2.24, 2.45) is 0 Å². The number of hydrogen-bond acceptors (Lipinski definition) is 4. The first kappa shape index (κ1) is 18.8. The van der Waals surface area contributed by atoms with Crippen LogP contribution < -0.4 is 4.90 Å². The Morgan fingerprint density at radius 3 is 2.14 bits per heavy atom. The zero-order valence-corrected chi connectivity index (χ0v) is 16.6. The summed E-state index contributed by atoms with van der Waals surface area (Å²) in [5.41, 5.74) is 4.01. The van der Waals surface area contributed by atoms with E-state index in [0.717, 1.165) is 49.5 Å². The molecule has 2 amide bonds. The zero-order valence-electron chi connectivity index (χ0n) is 16.6. The van der Waals surface area contributed by atoms with Crippen LogP contribution in [0, 0.1) is 13.8 Å². The topological polar surface area (TPSA) is 43.9 Å². The van der Waals surface area contributed by atoms with E-state index in [2.05, 4.69) is 34.1 Å². The van der Waals surface area contributed by atoms with E-state index in [1.165, 1.54) is 10.5 Å². The zero-order chi connectivity index (χ0) is 19.7. The van der Waals surface area contributed by atoms with Gasteiger partial charge in [-0.05, 0) is 30.5 Å². The fourth-order valence-corrected chi connectivity index (χ4v) is 4.37. The Morgan fingerprint density at radius 1 is 0.857 bits per heavy atom. The van der Waals surface area contributed by atoms with Gasteiger partial charge in [-0.2, -0.15) is 0 Å². The van der Waals surface area contributed by atoms with E-state index in [0.29, 0.717) is 0 Å². The van der Waals surface area contributed by atoms with Gasteiger partial charge in [-0.1, -0.05) is 48.5 Å². The summed E-state index contributed by atoms with van der Waals surface area (Å²) in [5.74, 6) is -0.155. The fourth-order valence-electron chi connectivity index (χ4n) is 4.37. The van der Waals surface area contributed by atoms with Gasteiger partial charge in [0, 0.05) is 32.7 Å². The molecular weight excluding hydrogens is 350 g/mol. The van der Waals surface area contributed by atoms with E-state index in [4.69, 9.17) is 0 Å². The highest BCUT2D eigenvalue weighted by Gasteiger charge is 2.44. The number of rotatable bonds is 4. The summed E-state index contributed by atoms with van der Waals surface area (Å²) in [6.07, 6.45) is 0.283. The van der Waals surface area contributed by atoms with Crippen molar-refractivity contribution in [1.82, 2.24) is 9.80 Å². The van der Waals surface area contributed by atoms with Crippen LogP contribution in [0.15, 0.2) is 48.5 Å². The first-order valence-electron chi connectivity index (χ1n) is 9.98. The van der Waals surface area contributed by atoms with Gasteiger partial charge in [0.1, 0.15) is 0 Å². The van der Waals surface area contributed by atoms with Crippen LogP contribution >= 0.6 is 0 Å². The van der Waals surface area contributed by atoms with Crippen molar-refractivity contribution >= 4 is 17.5 Å². The van der Waals surface area contributed by atoms with Gasteiger partial charge in [-0.15, -0.1) is 0 Å². The highest BCUT2D eigenvalue weighted by Crippen LogP contribution is 2.31. The smallest absolute Gasteiger partial charge is 0.251 e. The summed E-state index contributed by atoms with van der Waals surface area (Å²) in [6.45, 7) is 8.30. The lowest BCUT2D eigenvalue weighted by Gasteiger charge is -2.37. The largest absolute Gasteiger partial charge is 0.297 e. The molecule has 2 aromatic carbocycles. The third kappa shape index (κ3) is 3.60. The molecule has 146 valence electrons. The van der Waals surface area contributed by atoms with Crippen molar-refractivity contribution in [2.75, 3.05) is 31.1 Å². The van der Waals surface area contributed by atoms with Gasteiger partial charge < -0.3 is 0 Å². The van der Waals surface area contributed by atoms with E-state index in [1.807, 2.05) is 38.1 Å². The average Bonchev–Trinajstić information content (AvgIpc) is 2.98. The standard InChI is InChI=1S/C23H27N3O2/c1-17-7-6-8-18(2)22(17)26-21(27)15-20(23(26)28)25-13-11-24(12-14-25)16-19-9-4-3-5-10-19/h3-10,20H,11-16H2,1-2H3. The molecule has 4 rings (SSSR count). The Morgan fingerprint density at radius 2 is 1.50 bits per heavy atom. The van der Waals surface area contributed by atoms with E-state index >= 15 is 0 Å². The molecule has 2 saturated heterocycles. The fraction of sp³-hybridized carbons (Fsp3) is 0.391. The Bertz CT molecular complexity index is 852. The van der Waals surface area contributed by atoms with Crippen molar-refractivity contribution in [1.29, 1.82) is 0 Å². The number of aryl methyl sites for hydroxylation is 2. The molecule has 2 heterocycles. The lowest BCUT2D eigenvalue weighted by Crippen LogP contribution is -2.52. The van der Waals surface area contributed by atoms with E-state index in [-0.39, 0.29) is 24.3 Å². The molecule has 0 radical (unpaired) electrons. The van der Waals surface area contributed by atoms with Gasteiger partial charge in [0.05, 0.1) is 18.2 Å². The molecule has 0 aliphatic carbocycles. The first-order valence-corrected chi connectivity index (χ1v) is 9.98. The molecule has 2 fully saturated rings. The number of imide groups is 1. The van der Waals surface area contributed by atoms with Crippen molar-refractivity contribution < 1.29 is 9.59 Å². The van der Waals surface area contributed by atoms with Crippen LogP contribution in [0.25, 0.3) is 0 Å². The number of anilines is 1. The van der Waals surface area contributed by atoms with E-state index in [9.17, 15) is 9.59 Å². The predicted molar refractivity (Wildman–Crippen MR) is 110 cm³/mol. The number of piperazine rings is 1. The first-order chi connectivity index (χ1) is 13.5. The summed E-state index contributed by atoms with van der Waals surface area (Å²) in [5, 5.41) is 0. The van der Waals surface area contributed by atoms with Gasteiger partial charge in [0.15, 0.2) is 0 Å². The van der Waals surface area contributed by atoms with Crippen LogP contribution in [0.5, 0.6) is 0 Å². The monoisotopic (exact) mass is 377 g/mol. The van der Waals surface area contributed by atoms with Crippen LogP contribution in [0.4, 0.5) is 5.69 Å². The van der Waals surface area contributed by atoms with Crippen LogP contribution in [0.1, 0.15) is 23.1 Å². The molecule has 5 nitrogen and oxygen atoms in total. The van der Waals surface area contributed by atoms with Gasteiger partial charge in [0.2, 0.25) is 5.91 Å². The maximum atomic E-state index is 13.1. The molecule has 2 aliphatic heterocycles. The van der Waals surface area contributed by atoms with Crippen molar-refractivity contribution in [3.63, 3.8) is 0 Å². The molecule has 0 spiro atoms. The Kier molecular flexibility index (Phi) is 5.29. The number of amides is 2. The number of hydrogen-bond donors (Lipinski definition) is 0. The minimum Gasteiger partial charge on any atom is -0.297 e. The molecule has 2 aliphatic rings. The third-order valence-electron chi connectivity index (χ3n) is 5.88. The number of carbonyl (C=O) groups excluding carboxylic acids is 2. The summed E-state index contributed by atoms with van der Waals surface area (Å²) < 4.78 is 0. The molecule has 0 saturated carbocycles. The average molecular weight is 377 g/mol. The quantitative estimate of drug-likeness (QED) is 0.769. The summed E-state index contributed by atoms with van der Waals surface area (Å²) >= 11 is 0. The molecule has 2 aromatic rings. The maximum Gasteiger partial charge on any atom is 0.251 e. The van der Waals surface area contributed by atoms with Gasteiger partial charge >= 0.3 is 0 Å². The summed E-state index contributed by atoms with van der Waals surface area (Å²) in [7, 11) is 0. The molecular formula is C23H27N3O2. The Hall–Kier alpha value is -2.50. The lowest BCUT2D eigenvalue weighted by molar-refractivity contribution is -0.123. The maximum absolute atomic E-state index is 13.1. The van der Waals surface area contributed by atoms with Crippen LogP contribution in [0.2, 0.25) is 0 Å². The molecule has 0 aromatic heterocycles. The second-order valence-corrected chi connectivity index (χ2v) is 7.83. The minimum absolute atomic E-state index is 0.0705. The van der Waals surface area contributed by atoms with Crippen molar-refractivity contribution in [3.05, 3.63) is 65.2 Å². The molecule has 1 unspecified atom stereocenters. The van der Waals surface area contributed by atoms with Crippen molar-refractivity contribution in [2.45, 2.75) is 32.9 Å². The number of para-hydroxylation sites is 1. The molecule has 5 heteroatoms. The van der Waals surface area contributed by atoms with Crippen LogP contribution in [-0.2, 0) is 16.1 Å². The van der Waals surface area contributed by atoms with Gasteiger partial charge in [0.25, 0.3) is 5.91 Å². The van der Waals surface area contributed by atoms with E-state index < -0.39 is 0 Å².